The van der Waals surface area contributed by atoms with Gasteiger partial charge in [-0.2, -0.15) is 0 Å². The summed E-state index contributed by atoms with van der Waals surface area (Å²) in [6.07, 6.45) is -0.344. The lowest BCUT2D eigenvalue weighted by Crippen LogP contribution is -2.55. The monoisotopic (exact) mass is 134 g/mol. The van der Waals surface area contributed by atoms with E-state index < -0.39 is 12.0 Å². The fraction of sp³-hybridized carbons (Fsp3) is 1.00. The molecule has 4 heteroatoms. The second-order valence-electron chi connectivity index (χ2n) is 2.19. The molecule has 0 heterocycles. The Bertz CT molecular complexity index is 83.0. The molecule has 6 N–H and O–H groups in total. The average molecular weight is 134 g/mol. The maximum Gasteiger partial charge on any atom is 0.152 e. The van der Waals surface area contributed by atoms with Gasteiger partial charge in [0.25, 0.3) is 0 Å². The Morgan fingerprint density at radius 2 is 2.11 bits per heavy atom. The van der Waals surface area contributed by atoms with Crippen LogP contribution >= 0.6 is 0 Å². The number of aliphatic hydroxyl groups excluding tert-OH is 1. The molecule has 0 aliphatic carbocycles. The Labute approximate surface area is 54.5 Å². The molecule has 0 aromatic heterocycles. The molecule has 0 amide bonds. The third-order valence-corrected chi connectivity index (χ3v) is 1.16. The summed E-state index contributed by atoms with van der Waals surface area (Å²) in [7, 11) is 0. The largest absolute Gasteiger partial charge is 0.374 e. The molecule has 0 aromatic rings. The molecule has 4 nitrogen and oxygen atoms in total. The van der Waals surface area contributed by atoms with Crippen molar-refractivity contribution >= 4 is 0 Å². The first-order chi connectivity index (χ1) is 4.00. The SMILES string of the molecule is CCCC(N)(O)C(N)O. The minimum atomic E-state index is -1.62. The number of rotatable bonds is 3. The number of aliphatic hydroxyl groups is 2. The van der Waals surface area contributed by atoms with Crippen molar-refractivity contribution in [3.63, 3.8) is 0 Å². The summed E-state index contributed by atoms with van der Waals surface area (Å²) in [4.78, 5) is 0. The predicted octanol–water partition coefficient (Wildman–Crippen LogP) is -1.29. The molecule has 2 atom stereocenters. The number of hydrogen-bond acceptors (Lipinski definition) is 4. The zero-order chi connectivity index (χ0) is 7.49. The molecule has 2 unspecified atom stereocenters. The highest BCUT2D eigenvalue weighted by molar-refractivity contribution is 4.74. The van der Waals surface area contributed by atoms with Crippen LogP contribution in [0.15, 0.2) is 0 Å². The first-order valence-corrected chi connectivity index (χ1v) is 2.95. The van der Waals surface area contributed by atoms with Gasteiger partial charge in [0, 0.05) is 0 Å². The van der Waals surface area contributed by atoms with Crippen LogP contribution in [0.1, 0.15) is 19.8 Å². The summed E-state index contributed by atoms with van der Waals surface area (Å²) >= 11 is 0. The van der Waals surface area contributed by atoms with Gasteiger partial charge in [-0.05, 0) is 6.42 Å². The highest BCUT2D eigenvalue weighted by Crippen LogP contribution is 2.06. The van der Waals surface area contributed by atoms with Crippen LogP contribution in [0.4, 0.5) is 0 Å². The predicted molar refractivity (Wildman–Crippen MR) is 34.2 cm³/mol. The zero-order valence-electron chi connectivity index (χ0n) is 5.54. The smallest absolute Gasteiger partial charge is 0.152 e. The summed E-state index contributed by atoms with van der Waals surface area (Å²) in [5.41, 5.74) is 8.47. The van der Waals surface area contributed by atoms with Gasteiger partial charge in [-0.1, -0.05) is 13.3 Å². The van der Waals surface area contributed by atoms with Crippen molar-refractivity contribution in [1.82, 2.24) is 0 Å². The molecule has 0 fully saturated rings. The zero-order valence-corrected chi connectivity index (χ0v) is 5.54. The van der Waals surface area contributed by atoms with E-state index in [0.29, 0.717) is 12.8 Å². The van der Waals surface area contributed by atoms with E-state index in [9.17, 15) is 0 Å². The van der Waals surface area contributed by atoms with E-state index >= 15 is 0 Å². The minimum absolute atomic E-state index is 0.310. The lowest BCUT2D eigenvalue weighted by molar-refractivity contribution is -0.0732. The third-order valence-electron chi connectivity index (χ3n) is 1.16. The van der Waals surface area contributed by atoms with Gasteiger partial charge in [0.1, 0.15) is 6.23 Å². The van der Waals surface area contributed by atoms with E-state index in [-0.39, 0.29) is 0 Å². The Kier molecular flexibility index (Phi) is 3.07. The first kappa shape index (κ1) is 8.84. The van der Waals surface area contributed by atoms with Gasteiger partial charge < -0.3 is 21.7 Å². The van der Waals surface area contributed by atoms with Crippen molar-refractivity contribution in [2.45, 2.75) is 31.7 Å². The van der Waals surface area contributed by atoms with E-state index in [1.807, 2.05) is 6.92 Å². The Morgan fingerprint density at radius 3 is 2.22 bits per heavy atom. The van der Waals surface area contributed by atoms with Crippen LogP contribution in [0.25, 0.3) is 0 Å². The molecule has 0 spiro atoms. The maximum absolute atomic E-state index is 8.99. The molecule has 9 heavy (non-hydrogen) atoms. The van der Waals surface area contributed by atoms with Gasteiger partial charge in [-0.25, -0.2) is 0 Å². The molecule has 0 bridgehead atoms. The molecular formula is C5H14N2O2. The standard InChI is InChI=1S/C5H14N2O2/c1-2-3-5(7,9)4(6)8/h4,8-9H,2-3,6-7H2,1H3. The van der Waals surface area contributed by atoms with Gasteiger partial charge in [-0.3, -0.25) is 0 Å². The van der Waals surface area contributed by atoms with Gasteiger partial charge >= 0.3 is 0 Å². The average Bonchev–Trinajstić information content (AvgIpc) is 1.65. The van der Waals surface area contributed by atoms with Crippen molar-refractivity contribution in [3.05, 3.63) is 0 Å². The topological polar surface area (TPSA) is 92.5 Å². The number of nitrogens with two attached hydrogens (primary N) is 2. The van der Waals surface area contributed by atoms with E-state index in [1.165, 1.54) is 0 Å². The summed E-state index contributed by atoms with van der Waals surface area (Å²) in [6.45, 7) is 1.85. The molecule has 0 saturated heterocycles. The van der Waals surface area contributed by atoms with E-state index in [0.717, 1.165) is 0 Å². The van der Waals surface area contributed by atoms with Gasteiger partial charge in [0.05, 0.1) is 0 Å². The molecular weight excluding hydrogens is 120 g/mol. The third kappa shape index (κ3) is 2.76. The normalized spacial score (nSPS) is 21.0. The van der Waals surface area contributed by atoms with E-state index in [4.69, 9.17) is 21.7 Å². The fourth-order valence-corrected chi connectivity index (χ4v) is 0.548. The van der Waals surface area contributed by atoms with Crippen molar-refractivity contribution in [3.8, 4) is 0 Å². The highest BCUT2D eigenvalue weighted by Gasteiger charge is 2.26. The highest BCUT2D eigenvalue weighted by atomic mass is 16.4. The summed E-state index contributed by atoms with van der Waals surface area (Å²) in [5, 5.41) is 17.6. The molecule has 0 aliphatic rings. The van der Waals surface area contributed by atoms with Crippen LogP contribution in [0, 0.1) is 0 Å². The van der Waals surface area contributed by atoms with Crippen molar-refractivity contribution in [2.75, 3.05) is 0 Å². The summed E-state index contributed by atoms with van der Waals surface area (Å²) < 4.78 is 0. The summed E-state index contributed by atoms with van der Waals surface area (Å²) in [5.74, 6) is 0. The van der Waals surface area contributed by atoms with Crippen LogP contribution in [0.2, 0.25) is 0 Å². The number of hydrogen-bond donors (Lipinski definition) is 4. The van der Waals surface area contributed by atoms with Crippen molar-refractivity contribution in [1.29, 1.82) is 0 Å². The molecule has 56 valence electrons. The van der Waals surface area contributed by atoms with Crippen molar-refractivity contribution < 1.29 is 10.2 Å². The Balaban J connectivity index is 3.70. The van der Waals surface area contributed by atoms with Gasteiger partial charge in [-0.15, -0.1) is 0 Å². The lowest BCUT2D eigenvalue weighted by Gasteiger charge is -2.24. The van der Waals surface area contributed by atoms with E-state index in [2.05, 4.69) is 0 Å². The molecule has 0 aromatic carbocycles. The minimum Gasteiger partial charge on any atom is -0.374 e. The molecule has 0 aliphatic heterocycles. The van der Waals surface area contributed by atoms with Gasteiger partial charge in [0.2, 0.25) is 0 Å². The van der Waals surface area contributed by atoms with Crippen molar-refractivity contribution in [2.24, 2.45) is 11.5 Å². The van der Waals surface area contributed by atoms with Crippen LogP contribution in [-0.4, -0.2) is 22.2 Å². The second kappa shape index (κ2) is 3.12. The first-order valence-electron chi connectivity index (χ1n) is 2.95. The van der Waals surface area contributed by atoms with Crippen LogP contribution < -0.4 is 11.5 Å². The second-order valence-corrected chi connectivity index (χ2v) is 2.19. The Morgan fingerprint density at radius 1 is 1.67 bits per heavy atom. The fourth-order valence-electron chi connectivity index (χ4n) is 0.548. The van der Waals surface area contributed by atoms with Crippen LogP contribution in [-0.2, 0) is 0 Å². The lowest BCUT2D eigenvalue weighted by atomic mass is 10.1. The summed E-state index contributed by atoms with van der Waals surface area (Å²) in [6, 6.07) is 0. The quantitative estimate of drug-likeness (QED) is 0.361. The van der Waals surface area contributed by atoms with E-state index in [1.54, 1.807) is 0 Å². The van der Waals surface area contributed by atoms with Crippen LogP contribution in [0.5, 0.6) is 0 Å². The Hall–Kier alpha value is -0.160. The maximum atomic E-state index is 8.99. The van der Waals surface area contributed by atoms with Gasteiger partial charge in [0.15, 0.2) is 5.72 Å². The van der Waals surface area contributed by atoms with Crippen LogP contribution in [0.3, 0.4) is 0 Å². The molecule has 0 radical (unpaired) electrons. The molecule has 0 saturated carbocycles. The molecule has 0 rings (SSSR count).